The maximum absolute atomic E-state index is 5.65. The molecule has 1 atom stereocenters. The highest BCUT2D eigenvalue weighted by atomic mass is 16.5. The van der Waals surface area contributed by atoms with Crippen molar-refractivity contribution in [3.8, 4) is 5.75 Å². The molecule has 0 aromatic heterocycles. The molecule has 0 saturated carbocycles. The fraction of sp³-hybridized carbons (Fsp3) is 0.435. The Morgan fingerprint density at radius 1 is 1.00 bits per heavy atom. The molecule has 6 heteroatoms. The molecule has 2 rings (SSSR count). The van der Waals surface area contributed by atoms with Crippen LogP contribution < -0.4 is 15.4 Å². The normalized spacial score (nSPS) is 12.4. The summed E-state index contributed by atoms with van der Waals surface area (Å²) in [5.41, 5.74) is 2.25. The number of nitrogens with one attached hydrogen (secondary N) is 2. The lowest BCUT2D eigenvalue weighted by Crippen LogP contribution is -2.40. The SMILES string of the molecule is CCOCCCNC(=NCc1ccc(OC)cc1)NCC(OC)c1ccccc1. The summed E-state index contributed by atoms with van der Waals surface area (Å²) in [4.78, 5) is 4.72. The highest BCUT2D eigenvalue weighted by molar-refractivity contribution is 5.79. The lowest BCUT2D eigenvalue weighted by atomic mass is 10.1. The zero-order valence-electron chi connectivity index (χ0n) is 17.7. The molecule has 0 spiro atoms. The molecule has 6 nitrogen and oxygen atoms in total. The fourth-order valence-corrected chi connectivity index (χ4v) is 2.80. The Labute approximate surface area is 174 Å². The number of guanidine groups is 1. The van der Waals surface area contributed by atoms with Crippen LogP contribution in [0.4, 0.5) is 0 Å². The van der Waals surface area contributed by atoms with E-state index in [0.717, 1.165) is 49.0 Å². The van der Waals surface area contributed by atoms with Crippen LogP contribution in [-0.2, 0) is 16.0 Å². The third kappa shape index (κ3) is 8.54. The van der Waals surface area contributed by atoms with Gasteiger partial charge in [0, 0.05) is 33.4 Å². The quantitative estimate of drug-likeness (QED) is 0.325. The summed E-state index contributed by atoms with van der Waals surface area (Å²) in [6.07, 6.45) is 0.872. The van der Waals surface area contributed by atoms with Gasteiger partial charge in [0.2, 0.25) is 0 Å². The van der Waals surface area contributed by atoms with Gasteiger partial charge in [0.15, 0.2) is 5.96 Å². The largest absolute Gasteiger partial charge is 0.497 e. The molecule has 0 aliphatic rings. The van der Waals surface area contributed by atoms with Crippen molar-refractivity contribution in [2.45, 2.75) is 26.0 Å². The van der Waals surface area contributed by atoms with Gasteiger partial charge in [-0.05, 0) is 36.6 Å². The fourth-order valence-electron chi connectivity index (χ4n) is 2.80. The molecule has 2 N–H and O–H groups in total. The molecular weight excluding hydrogens is 366 g/mol. The number of methoxy groups -OCH3 is 2. The van der Waals surface area contributed by atoms with Crippen molar-refractivity contribution in [2.75, 3.05) is 40.5 Å². The summed E-state index contributed by atoms with van der Waals surface area (Å²) in [7, 11) is 3.39. The smallest absolute Gasteiger partial charge is 0.191 e. The van der Waals surface area contributed by atoms with Crippen molar-refractivity contribution in [1.82, 2.24) is 10.6 Å². The Morgan fingerprint density at radius 2 is 1.76 bits per heavy atom. The van der Waals surface area contributed by atoms with Gasteiger partial charge >= 0.3 is 0 Å². The summed E-state index contributed by atoms with van der Waals surface area (Å²) >= 11 is 0. The van der Waals surface area contributed by atoms with Gasteiger partial charge in [0.05, 0.1) is 19.8 Å². The second kappa shape index (κ2) is 13.6. The van der Waals surface area contributed by atoms with Crippen molar-refractivity contribution in [3.63, 3.8) is 0 Å². The Morgan fingerprint density at radius 3 is 2.41 bits per heavy atom. The number of hydrogen-bond acceptors (Lipinski definition) is 4. The predicted octanol–water partition coefficient (Wildman–Crippen LogP) is 3.54. The molecule has 0 aliphatic heterocycles. The van der Waals surface area contributed by atoms with Crippen LogP contribution in [0.1, 0.15) is 30.6 Å². The van der Waals surface area contributed by atoms with E-state index in [4.69, 9.17) is 19.2 Å². The number of nitrogens with zero attached hydrogens (tertiary/aromatic N) is 1. The van der Waals surface area contributed by atoms with E-state index in [2.05, 4.69) is 22.8 Å². The van der Waals surface area contributed by atoms with Crippen LogP contribution in [0.25, 0.3) is 0 Å². The van der Waals surface area contributed by atoms with E-state index in [1.54, 1.807) is 14.2 Å². The number of hydrogen-bond donors (Lipinski definition) is 2. The monoisotopic (exact) mass is 399 g/mol. The second-order valence-electron chi connectivity index (χ2n) is 6.51. The topological polar surface area (TPSA) is 64.1 Å². The summed E-state index contributed by atoms with van der Waals surface area (Å²) in [6.45, 7) is 5.47. The molecule has 0 aliphatic carbocycles. The van der Waals surface area contributed by atoms with E-state index in [0.29, 0.717) is 13.1 Å². The first-order valence-electron chi connectivity index (χ1n) is 10.1. The summed E-state index contributed by atoms with van der Waals surface area (Å²) in [5.74, 6) is 1.60. The van der Waals surface area contributed by atoms with Crippen LogP contribution in [0.5, 0.6) is 5.75 Å². The minimum absolute atomic E-state index is 0.0485. The number of benzene rings is 2. The Kier molecular flexibility index (Phi) is 10.6. The molecule has 1 unspecified atom stereocenters. The first-order valence-corrected chi connectivity index (χ1v) is 10.1. The molecule has 0 bridgehead atoms. The number of aliphatic imine (C=N–C) groups is 1. The van der Waals surface area contributed by atoms with E-state index in [9.17, 15) is 0 Å². The van der Waals surface area contributed by atoms with Gasteiger partial charge in [0.25, 0.3) is 0 Å². The Hall–Kier alpha value is -2.57. The van der Waals surface area contributed by atoms with E-state index in [1.807, 2.05) is 49.4 Å². The molecular formula is C23H33N3O3. The van der Waals surface area contributed by atoms with Crippen LogP contribution in [-0.4, -0.2) is 46.5 Å². The minimum atomic E-state index is -0.0485. The van der Waals surface area contributed by atoms with Crippen molar-refractivity contribution in [2.24, 2.45) is 4.99 Å². The number of rotatable bonds is 12. The van der Waals surface area contributed by atoms with Crippen LogP contribution >= 0.6 is 0 Å². The van der Waals surface area contributed by atoms with E-state index in [-0.39, 0.29) is 6.10 Å². The molecule has 2 aromatic carbocycles. The average Bonchev–Trinajstić information content (AvgIpc) is 2.78. The van der Waals surface area contributed by atoms with Gasteiger partial charge in [-0.1, -0.05) is 42.5 Å². The molecule has 0 amide bonds. The van der Waals surface area contributed by atoms with E-state index >= 15 is 0 Å². The van der Waals surface area contributed by atoms with Crippen LogP contribution in [0.15, 0.2) is 59.6 Å². The van der Waals surface area contributed by atoms with Crippen LogP contribution in [0, 0.1) is 0 Å². The average molecular weight is 400 g/mol. The Bertz CT molecular complexity index is 705. The summed E-state index contributed by atoms with van der Waals surface area (Å²) < 4.78 is 16.3. The molecule has 0 radical (unpaired) electrons. The minimum Gasteiger partial charge on any atom is -0.497 e. The molecule has 2 aromatic rings. The zero-order valence-corrected chi connectivity index (χ0v) is 17.7. The van der Waals surface area contributed by atoms with E-state index < -0.39 is 0 Å². The summed E-state index contributed by atoms with van der Waals surface area (Å²) in [6, 6.07) is 18.1. The highest BCUT2D eigenvalue weighted by Gasteiger charge is 2.11. The lowest BCUT2D eigenvalue weighted by Gasteiger charge is -2.19. The standard InChI is InChI=1S/C23H33N3O3/c1-4-29-16-8-15-24-23(25-17-19-11-13-21(27-2)14-12-19)26-18-22(28-3)20-9-6-5-7-10-20/h5-7,9-14,22H,4,8,15-18H2,1-3H3,(H2,24,25,26). The highest BCUT2D eigenvalue weighted by Crippen LogP contribution is 2.15. The maximum atomic E-state index is 5.65. The summed E-state index contributed by atoms with van der Waals surface area (Å²) in [5, 5.41) is 6.78. The van der Waals surface area contributed by atoms with Gasteiger partial charge in [0.1, 0.15) is 5.75 Å². The predicted molar refractivity (Wildman–Crippen MR) is 117 cm³/mol. The van der Waals surface area contributed by atoms with Crippen molar-refractivity contribution in [3.05, 3.63) is 65.7 Å². The van der Waals surface area contributed by atoms with Gasteiger partial charge in [-0.25, -0.2) is 4.99 Å². The maximum Gasteiger partial charge on any atom is 0.191 e. The van der Waals surface area contributed by atoms with Crippen LogP contribution in [0.3, 0.4) is 0 Å². The van der Waals surface area contributed by atoms with E-state index in [1.165, 1.54) is 0 Å². The number of ether oxygens (including phenoxy) is 3. The lowest BCUT2D eigenvalue weighted by molar-refractivity contribution is 0.106. The van der Waals surface area contributed by atoms with Crippen LogP contribution in [0.2, 0.25) is 0 Å². The van der Waals surface area contributed by atoms with Crippen molar-refractivity contribution in [1.29, 1.82) is 0 Å². The second-order valence-corrected chi connectivity index (χ2v) is 6.51. The molecule has 29 heavy (non-hydrogen) atoms. The Balaban J connectivity index is 1.96. The molecule has 0 heterocycles. The molecule has 0 saturated heterocycles. The molecule has 0 fully saturated rings. The zero-order chi connectivity index (χ0) is 20.7. The van der Waals surface area contributed by atoms with Crippen molar-refractivity contribution < 1.29 is 14.2 Å². The third-order valence-corrected chi connectivity index (χ3v) is 4.45. The first-order chi connectivity index (χ1) is 14.3. The van der Waals surface area contributed by atoms with Gasteiger partial charge in [-0.15, -0.1) is 0 Å². The molecule has 158 valence electrons. The van der Waals surface area contributed by atoms with Gasteiger partial charge < -0.3 is 24.8 Å². The first kappa shape index (κ1) is 22.7. The van der Waals surface area contributed by atoms with Gasteiger partial charge in [-0.2, -0.15) is 0 Å². The van der Waals surface area contributed by atoms with Crippen molar-refractivity contribution >= 4 is 5.96 Å². The van der Waals surface area contributed by atoms with Gasteiger partial charge in [-0.3, -0.25) is 0 Å². The third-order valence-electron chi connectivity index (χ3n) is 4.45.